The van der Waals surface area contributed by atoms with Crippen molar-refractivity contribution in [2.24, 2.45) is 18.9 Å². The molecule has 0 amide bonds. The van der Waals surface area contributed by atoms with E-state index < -0.39 is 23.0 Å². The van der Waals surface area contributed by atoms with Gasteiger partial charge in [0.2, 0.25) is 0 Å². The number of hydrogen-bond donors (Lipinski definition) is 0. The molecule has 34 heavy (non-hydrogen) atoms. The topological polar surface area (TPSA) is 140 Å². The van der Waals surface area contributed by atoms with Crippen LogP contribution < -0.4 is 17.1 Å². The average Bonchev–Trinajstić information content (AvgIpc) is 3.60. The van der Waals surface area contributed by atoms with Crippen molar-refractivity contribution in [2.45, 2.75) is 76.0 Å². The standard InChI is InChI=1S/C22H29N3O9/c1-23-20(28)24(6-8-31-18(26)12-2-5-15-17(10-12)34-15)22(30)25(21(23)29)7-9-32-19(27)14-4-3-13-11-16(14)33-13/h12-17H,2-11H2,1H3. The molecule has 5 aliphatic rings. The van der Waals surface area contributed by atoms with E-state index in [4.69, 9.17) is 18.9 Å². The summed E-state index contributed by atoms with van der Waals surface area (Å²) in [6.45, 7) is -0.728. The SMILES string of the molecule is Cn1c(=O)n(CCOC(=O)C2CCC3OC3C2)c(=O)n(CCOC(=O)C2CCC3CC2O3)c1=O. The van der Waals surface area contributed by atoms with E-state index >= 15 is 0 Å². The van der Waals surface area contributed by atoms with Gasteiger partial charge in [0.1, 0.15) is 13.2 Å². The maximum absolute atomic E-state index is 12.8. The number of hydrogen-bond acceptors (Lipinski definition) is 9. The Balaban J connectivity index is 1.18. The summed E-state index contributed by atoms with van der Waals surface area (Å²) in [6, 6.07) is 0. The normalized spacial score (nSPS) is 31.2. The Kier molecular flexibility index (Phi) is 6.19. The summed E-state index contributed by atoms with van der Waals surface area (Å²) >= 11 is 0. The first-order chi connectivity index (χ1) is 16.3. The van der Waals surface area contributed by atoms with Crippen molar-refractivity contribution < 1.29 is 28.5 Å². The monoisotopic (exact) mass is 479 g/mol. The predicted octanol–water partition coefficient (Wildman–Crippen LogP) is -1.07. The molecule has 3 aliphatic heterocycles. The first-order valence-electron chi connectivity index (χ1n) is 11.9. The third kappa shape index (κ3) is 4.36. The summed E-state index contributed by atoms with van der Waals surface area (Å²) in [7, 11) is 1.26. The van der Waals surface area contributed by atoms with Crippen LogP contribution in [0.5, 0.6) is 0 Å². The number of fused-ring (bicyclic) bond motifs is 3. The minimum atomic E-state index is -0.838. The second kappa shape index (κ2) is 9.14. The van der Waals surface area contributed by atoms with Gasteiger partial charge in [-0.25, -0.2) is 28.1 Å². The van der Waals surface area contributed by atoms with E-state index in [0.717, 1.165) is 33.0 Å². The second-order valence-corrected chi connectivity index (χ2v) is 9.48. The van der Waals surface area contributed by atoms with Gasteiger partial charge in [-0.05, 0) is 32.1 Å². The fourth-order valence-corrected chi connectivity index (χ4v) is 5.22. The highest BCUT2D eigenvalue weighted by atomic mass is 16.6. The maximum Gasteiger partial charge on any atom is 0.336 e. The molecule has 0 spiro atoms. The zero-order valence-corrected chi connectivity index (χ0v) is 19.1. The fraction of sp³-hybridized carbons (Fsp3) is 0.773. The molecule has 2 saturated carbocycles. The summed E-state index contributed by atoms with van der Waals surface area (Å²) < 4.78 is 24.1. The van der Waals surface area contributed by atoms with Gasteiger partial charge in [-0.1, -0.05) is 0 Å². The van der Waals surface area contributed by atoms with Gasteiger partial charge in [-0.3, -0.25) is 9.59 Å². The van der Waals surface area contributed by atoms with Crippen LogP contribution in [0.25, 0.3) is 0 Å². The molecule has 4 heterocycles. The lowest BCUT2D eigenvalue weighted by molar-refractivity contribution is -0.201. The van der Waals surface area contributed by atoms with Gasteiger partial charge in [0, 0.05) is 13.5 Å². The van der Waals surface area contributed by atoms with Crippen molar-refractivity contribution in [1.82, 2.24) is 13.7 Å². The number of aromatic nitrogens is 3. The number of esters is 2. The summed E-state index contributed by atoms with van der Waals surface area (Å²) in [5.41, 5.74) is -2.44. The lowest BCUT2D eigenvalue weighted by Crippen LogP contribution is -2.54. The predicted molar refractivity (Wildman–Crippen MR) is 114 cm³/mol. The van der Waals surface area contributed by atoms with Crippen molar-refractivity contribution in [3.8, 4) is 0 Å². The molecule has 1 aromatic heterocycles. The zero-order chi connectivity index (χ0) is 24.0. The van der Waals surface area contributed by atoms with Crippen LogP contribution in [0.1, 0.15) is 38.5 Å². The highest BCUT2D eigenvalue weighted by molar-refractivity contribution is 5.73. The van der Waals surface area contributed by atoms with Crippen molar-refractivity contribution in [1.29, 1.82) is 0 Å². The molecular weight excluding hydrogens is 450 g/mol. The van der Waals surface area contributed by atoms with Crippen LogP contribution in [0.4, 0.5) is 0 Å². The molecule has 12 nitrogen and oxygen atoms in total. The first kappa shape index (κ1) is 23.0. The third-order valence-electron chi connectivity index (χ3n) is 7.37. The molecular formula is C22H29N3O9. The van der Waals surface area contributed by atoms with Gasteiger partial charge < -0.3 is 18.9 Å². The first-order valence-corrected chi connectivity index (χ1v) is 11.9. The van der Waals surface area contributed by atoms with E-state index in [1.807, 2.05) is 0 Å². The molecule has 1 aromatic rings. The van der Waals surface area contributed by atoms with Gasteiger partial charge in [0.15, 0.2) is 0 Å². The van der Waals surface area contributed by atoms with E-state index in [2.05, 4.69) is 0 Å². The molecule has 2 bridgehead atoms. The van der Waals surface area contributed by atoms with E-state index in [-0.39, 0.29) is 68.5 Å². The average molecular weight is 479 g/mol. The Morgan fingerprint density at radius 1 is 0.794 bits per heavy atom. The zero-order valence-electron chi connectivity index (χ0n) is 19.1. The smallest absolute Gasteiger partial charge is 0.336 e. The van der Waals surface area contributed by atoms with Crippen LogP contribution in [0.3, 0.4) is 0 Å². The summed E-state index contributed by atoms with van der Waals surface area (Å²) in [6.07, 6.45) is 5.07. The van der Waals surface area contributed by atoms with Crippen LogP contribution in [0.15, 0.2) is 14.4 Å². The molecule has 2 aliphatic carbocycles. The third-order valence-corrected chi connectivity index (χ3v) is 7.37. The highest BCUT2D eigenvalue weighted by Gasteiger charge is 2.46. The van der Waals surface area contributed by atoms with E-state index in [0.29, 0.717) is 19.3 Å². The fourth-order valence-electron chi connectivity index (χ4n) is 5.22. The second-order valence-electron chi connectivity index (χ2n) is 9.48. The van der Waals surface area contributed by atoms with Gasteiger partial charge in [-0.15, -0.1) is 0 Å². The lowest BCUT2D eigenvalue weighted by Gasteiger charge is -2.45. The van der Waals surface area contributed by atoms with Crippen LogP contribution in [-0.2, 0) is 48.7 Å². The van der Waals surface area contributed by atoms with Gasteiger partial charge in [-0.2, -0.15) is 0 Å². The minimum absolute atomic E-state index is 0.113. The van der Waals surface area contributed by atoms with Gasteiger partial charge in [0.25, 0.3) is 0 Å². The molecule has 0 aromatic carbocycles. The Bertz CT molecular complexity index is 1140. The molecule has 6 unspecified atom stereocenters. The minimum Gasteiger partial charge on any atom is -0.464 e. The molecule has 12 heteroatoms. The van der Waals surface area contributed by atoms with E-state index in [1.54, 1.807) is 0 Å². The maximum atomic E-state index is 12.8. The Hall–Kier alpha value is -2.73. The van der Waals surface area contributed by atoms with Gasteiger partial charge >= 0.3 is 29.0 Å². The largest absolute Gasteiger partial charge is 0.464 e. The van der Waals surface area contributed by atoms with Crippen molar-refractivity contribution >= 4 is 11.9 Å². The number of rotatable bonds is 8. The van der Waals surface area contributed by atoms with Crippen molar-refractivity contribution in [3.63, 3.8) is 0 Å². The Morgan fingerprint density at radius 3 is 2.03 bits per heavy atom. The van der Waals surface area contributed by atoms with Crippen molar-refractivity contribution in [2.75, 3.05) is 13.2 Å². The van der Waals surface area contributed by atoms with Crippen LogP contribution in [0, 0.1) is 11.8 Å². The van der Waals surface area contributed by atoms with Crippen LogP contribution >= 0.6 is 0 Å². The summed E-state index contributed by atoms with van der Waals surface area (Å²) in [4.78, 5) is 62.4. The van der Waals surface area contributed by atoms with Crippen LogP contribution in [-0.4, -0.2) is 63.3 Å². The van der Waals surface area contributed by atoms with E-state index in [9.17, 15) is 24.0 Å². The Morgan fingerprint density at radius 2 is 1.44 bits per heavy atom. The molecule has 3 saturated heterocycles. The highest BCUT2D eigenvalue weighted by Crippen LogP contribution is 2.40. The summed E-state index contributed by atoms with van der Waals surface area (Å²) in [5, 5.41) is 0. The lowest BCUT2D eigenvalue weighted by atomic mass is 9.80. The number of ether oxygens (including phenoxy) is 4. The molecule has 186 valence electrons. The number of carbonyl (C=O) groups excluding carboxylic acids is 2. The molecule has 6 rings (SSSR count). The molecule has 6 atom stereocenters. The van der Waals surface area contributed by atoms with E-state index in [1.165, 1.54) is 7.05 Å². The number of carbonyl (C=O) groups is 2. The van der Waals surface area contributed by atoms with Crippen molar-refractivity contribution in [3.05, 3.63) is 31.5 Å². The number of epoxide rings is 1. The molecule has 0 N–H and O–H groups in total. The van der Waals surface area contributed by atoms with Crippen LogP contribution in [0.2, 0.25) is 0 Å². The quantitative estimate of drug-likeness (QED) is 0.337. The Labute approximate surface area is 194 Å². The molecule has 0 radical (unpaired) electrons. The molecule has 5 fully saturated rings. The number of nitrogens with zero attached hydrogens (tertiary/aromatic N) is 3. The van der Waals surface area contributed by atoms with Gasteiger partial charge in [0.05, 0.1) is 49.3 Å². The summed E-state index contributed by atoms with van der Waals surface area (Å²) in [5.74, 6) is -1.34.